The molecule has 14 heavy (non-hydrogen) atoms. The summed E-state index contributed by atoms with van der Waals surface area (Å²) in [7, 11) is 3.91. The minimum absolute atomic E-state index is 0.245. The van der Waals surface area contributed by atoms with Gasteiger partial charge in [-0.15, -0.1) is 0 Å². The fourth-order valence-electron chi connectivity index (χ4n) is 0.645. The van der Waals surface area contributed by atoms with Gasteiger partial charge in [0, 0.05) is 12.1 Å². The molecule has 0 N–H and O–H groups in total. The molecule has 0 saturated carbocycles. The molecule has 0 aromatic rings. The van der Waals surface area contributed by atoms with E-state index in [1.165, 1.54) is 6.08 Å². The van der Waals surface area contributed by atoms with Crippen molar-refractivity contribution in [2.24, 2.45) is 0 Å². The molecule has 0 fully saturated rings. The Morgan fingerprint density at radius 1 is 1.43 bits per heavy atom. The van der Waals surface area contributed by atoms with E-state index >= 15 is 0 Å². The highest BCUT2D eigenvalue weighted by molar-refractivity contribution is 5.82. The molecule has 3 heteroatoms. The first-order valence-corrected chi connectivity index (χ1v) is 4.70. The third kappa shape index (κ3) is 6.43. The fraction of sp³-hybridized carbons (Fsp3) is 0.545. The Kier molecular flexibility index (Phi) is 6.76. The zero-order chi connectivity index (χ0) is 11.0. The summed E-state index contributed by atoms with van der Waals surface area (Å²) in [6, 6.07) is 0.245. The largest absolute Gasteiger partial charge is 0.461 e. The van der Waals surface area contributed by atoms with E-state index in [-0.39, 0.29) is 12.0 Å². The van der Waals surface area contributed by atoms with Crippen molar-refractivity contribution in [3.05, 3.63) is 24.3 Å². The first-order chi connectivity index (χ1) is 6.57. The molecule has 0 bridgehead atoms. The van der Waals surface area contributed by atoms with Crippen LogP contribution in [0.25, 0.3) is 0 Å². The van der Waals surface area contributed by atoms with Crippen LogP contribution in [0.5, 0.6) is 0 Å². The van der Waals surface area contributed by atoms with Crippen molar-refractivity contribution < 1.29 is 9.53 Å². The van der Waals surface area contributed by atoms with Crippen molar-refractivity contribution in [3.8, 4) is 0 Å². The van der Waals surface area contributed by atoms with Crippen molar-refractivity contribution in [2.75, 3.05) is 20.7 Å². The molecule has 0 amide bonds. The summed E-state index contributed by atoms with van der Waals surface area (Å²) < 4.78 is 5.01. The van der Waals surface area contributed by atoms with Gasteiger partial charge in [0.25, 0.3) is 0 Å². The molecule has 0 aliphatic carbocycles. The second kappa shape index (κ2) is 7.33. The maximum absolute atomic E-state index is 11.1. The van der Waals surface area contributed by atoms with Crippen LogP contribution in [0.4, 0.5) is 0 Å². The third-order valence-corrected chi connectivity index (χ3v) is 1.88. The van der Waals surface area contributed by atoms with E-state index in [9.17, 15) is 4.79 Å². The molecule has 0 spiro atoms. The number of rotatable bonds is 5. The van der Waals surface area contributed by atoms with Crippen molar-refractivity contribution in [3.63, 3.8) is 0 Å². The Labute approximate surface area is 86.0 Å². The number of nitrogens with zero attached hydrogens (tertiary/aromatic N) is 1. The first kappa shape index (κ1) is 12.9. The van der Waals surface area contributed by atoms with Crippen LogP contribution in [0, 0.1) is 0 Å². The highest BCUT2D eigenvalue weighted by atomic mass is 16.5. The lowest BCUT2D eigenvalue weighted by molar-refractivity contribution is -0.139. The zero-order valence-corrected chi connectivity index (χ0v) is 9.36. The van der Waals surface area contributed by atoms with Gasteiger partial charge in [0.05, 0.1) is 0 Å². The van der Waals surface area contributed by atoms with E-state index in [0.717, 1.165) is 0 Å². The van der Waals surface area contributed by atoms with Crippen LogP contribution in [0.1, 0.15) is 13.8 Å². The van der Waals surface area contributed by atoms with Gasteiger partial charge in [-0.25, -0.2) is 4.79 Å². The summed E-state index contributed by atoms with van der Waals surface area (Å²) in [5.74, 6) is -0.295. The number of carbonyl (C=O) groups is 1. The molecule has 0 aliphatic heterocycles. The molecule has 0 rings (SSSR count). The maximum Gasteiger partial charge on any atom is 0.330 e. The monoisotopic (exact) mass is 197 g/mol. The lowest BCUT2D eigenvalue weighted by Crippen LogP contribution is -2.30. The molecule has 0 aromatic heterocycles. The highest BCUT2D eigenvalue weighted by Gasteiger charge is 2.06. The van der Waals surface area contributed by atoms with Gasteiger partial charge in [-0.05, 0) is 27.9 Å². The van der Waals surface area contributed by atoms with Crippen LogP contribution >= 0.6 is 0 Å². The predicted octanol–water partition coefficient (Wildman–Crippen LogP) is 1.61. The summed E-state index contributed by atoms with van der Waals surface area (Å²) in [4.78, 5) is 13.1. The van der Waals surface area contributed by atoms with Gasteiger partial charge in [-0.1, -0.05) is 18.2 Å². The lowest BCUT2D eigenvalue weighted by atomic mass is 10.3. The number of likely N-dealkylation sites (N-methyl/N-ethyl adjacent to an activating group) is 1. The molecule has 1 atom stereocenters. The highest BCUT2D eigenvalue weighted by Crippen LogP contribution is 1.93. The van der Waals surface area contributed by atoms with Gasteiger partial charge in [0.15, 0.2) is 0 Å². The maximum atomic E-state index is 11.1. The Balaban J connectivity index is 3.74. The van der Waals surface area contributed by atoms with Gasteiger partial charge in [0.2, 0.25) is 0 Å². The zero-order valence-electron chi connectivity index (χ0n) is 9.36. The van der Waals surface area contributed by atoms with Gasteiger partial charge >= 0.3 is 5.97 Å². The average Bonchev–Trinajstić information content (AvgIpc) is 2.14. The van der Waals surface area contributed by atoms with Crippen LogP contribution in [0.15, 0.2) is 24.3 Å². The second-order valence-electron chi connectivity index (χ2n) is 3.33. The molecule has 0 heterocycles. The van der Waals surface area contributed by atoms with Crippen molar-refractivity contribution >= 4 is 5.97 Å². The molecule has 0 radical (unpaired) electrons. The van der Waals surface area contributed by atoms with Crippen molar-refractivity contribution in [1.82, 2.24) is 4.90 Å². The number of carbonyl (C=O) groups excluding carboxylic acids is 1. The summed E-state index contributed by atoms with van der Waals surface area (Å²) in [5.41, 5.74) is 0. The SMILES string of the molecule is CC=CC=CC(=O)OCC(C)N(C)C. The normalized spacial score (nSPS) is 14.1. The van der Waals surface area contributed by atoms with Gasteiger partial charge in [-0.2, -0.15) is 0 Å². The molecular weight excluding hydrogens is 178 g/mol. The molecule has 3 nitrogen and oxygen atoms in total. The van der Waals surface area contributed by atoms with Crippen LogP contribution in [-0.4, -0.2) is 37.6 Å². The van der Waals surface area contributed by atoms with Crippen LogP contribution in [0.2, 0.25) is 0 Å². The van der Waals surface area contributed by atoms with Gasteiger partial charge in [-0.3, -0.25) is 0 Å². The van der Waals surface area contributed by atoms with E-state index < -0.39 is 0 Å². The number of hydrogen-bond acceptors (Lipinski definition) is 3. The van der Waals surface area contributed by atoms with Crippen LogP contribution in [0.3, 0.4) is 0 Å². The topological polar surface area (TPSA) is 29.5 Å². The molecule has 0 aromatic carbocycles. The summed E-state index contributed by atoms with van der Waals surface area (Å²) in [6.45, 7) is 4.32. The number of esters is 1. The molecule has 0 aliphatic rings. The summed E-state index contributed by atoms with van der Waals surface area (Å²) in [6.07, 6.45) is 6.73. The number of allylic oxidation sites excluding steroid dienone is 3. The smallest absolute Gasteiger partial charge is 0.330 e. The summed E-state index contributed by atoms with van der Waals surface area (Å²) >= 11 is 0. The molecular formula is C11H19NO2. The van der Waals surface area contributed by atoms with Crippen LogP contribution < -0.4 is 0 Å². The number of ether oxygens (including phenoxy) is 1. The predicted molar refractivity (Wildman–Crippen MR) is 58.1 cm³/mol. The van der Waals surface area contributed by atoms with Crippen LogP contribution in [-0.2, 0) is 9.53 Å². The van der Waals surface area contributed by atoms with Crippen molar-refractivity contribution in [1.29, 1.82) is 0 Å². The summed E-state index contributed by atoms with van der Waals surface area (Å²) in [5, 5.41) is 0. The Hall–Kier alpha value is -1.09. The Morgan fingerprint density at radius 3 is 2.57 bits per heavy atom. The van der Waals surface area contributed by atoms with E-state index in [1.807, 2.05) is 38.9 Å². The fourth-order valence-corrected chi connectivity index (χ4v) is 0.645. The minimum atomic E-state index is -0.295. The Bertz CT molecular complexity index is 219. The van der Waals surface area contributed by atoms with Gasteiger partial charge < -0.3 is 9.64 Å². The standard InChI is InChI=1S/C11H19NO2/c1-5-6-7-8-11(13)14-9-10(2)12(3)4/h5-8,10H,9H2,1-4H3. The van der Waals surface area contributed by atoms with Gasteiger partial charge in [0.1, 0.15) is 6.61 Å². The third-order valence-electron chi connectivity index (χ3n) is 1.88. The quantitative estimate of drug-likeness (QED) is 0.381. The Morgan fingerprint density at radius 2 is 2.07 bits per heavy atom. The second-order valence-corrected chi connectivity index (χ2v) is 3.33. The molecule has 0 saturated heterocycles. The van der Waals surface area contributed by atoms with E-state index in [2.05, 4.69) is 0 Å². The molecule has 1 unspecified atom stereocenters. The first-order valence-electron chi connectivity index (χ1n) is 4.70. The van der Waals surface area contributed by atoms with E-state index in [4.69, 9.17) is 4.74 Å². The number of hydrogen-bond donors (Lipinski definition) is 0. The molecule has 80 valence electrons. The van der Waals surface area contributed by atoms with Crippen molar-refractivity contribution in [2.45, 2.75) is 19.9 Å². The average molecular weight is 197 g/mol. The van der Waals surface area contributed by atoms with E-state index in [0.29, 0.717) is 6.61 Å². The minimum Gasteiger partial charge on any atom is -0.461 e. The van der Waals surface area contributed by atoms with E-state index in [1.54, 1.807) is 12.2 Å². The lowest BCUT2D eigenvalue weighted by Gasteiger charge is -2.18.